The summed E-state index contributed by atoms with van der Waals surface area (Å²) < 4.78 is 14.8. The summed E-state index contributed by atoms with van der Waals surface area (Å²) in [6.45, 7) is 0. The third-order valence-corrected chi connectivity index (χ3v) is 5.04. The fourth-order valence-electron chi connectivity index (χ4n) is 2.71. The van der Waals surface area contributed by atoms with E-state index in [-0.39, 0.29) is 17.5 Å². The lowest BCUT2D eigenvalue weighted by Crippen LogP contribution is -2.27. The molecule has 1 atom stereocenters. The van der Waals surface area contributed by atoms with Crippen molar-refractivity contribution in [2.45, 2.75) is 16.8 Å². The van der Waals surface area contributed by atoms with Crippen LogP contribution in [0, 0.1) is 5.82 Å². The van der Waals surface area contributed by atoms with Gasteiger partial charge in [-0.15, -0.1) is 10.2 Å². The Morgan fingerprint density at radius 2 is 1.81 bits per heavy atom. The first-order valence-corrected chi connectivity index (χ1v) is 8.74. The van der Waals surface area contributed by atoms with Crippen LogP contribution in [0.5, 0.6) is 0 Å². The smallest absolute Gasteiger partial charge is 0.304 e. The van der Waals surface area contributed by atoms with E-state index < -0.39 is 5.97 Å². The molecule has 26 heavy (non-hydrogen) atoms. The van der Waals surface area contributed by atoms with E-state index in [1.54, 1.807) is 16.8 Å². The average molecular weight is 368 g/mol. The minimum atomic E-state index is -0.905. The Morgan fingerprint density at radius 1 is 1.08 bits per heavy atom. The number of halogens is 1. The van der Waals surface area contributed by atoms with Crippen molar-refractivity contribution in [3.05, 3.63) is 66.0 Å². The molecule has 1 aromatic heterocycles. The molecule has 0 aliphatic carbocycles. The Labute approximate surface area is 152 Å². The summed E-state index contributed by atoms with van der Waals surface area (Å²) in [6, 6.07) is 15.3. The first-order valence-electron chi connectivity index (χ1n) is 7.86. The maximum Gasteiger partial charge on any atom is 0.304 e. The number of hydrogen-bond donors (Lipinski definition) is 1. The molecule has 0 amide bonds. The van der Waals surface area contributed by atoms with Gasteiger partial charge in [-0.1, -0.05) is 42.1 Å². The van der Waals surface area contributed by atoms with Crippen molar-refractivity contribution in [3.8, 4) is 11.4 Å². The number of carbonyl (C=O) groups is 1. The molecule has 0 saturated carbocycles. The van der Waals surface area contributed by atoms with E-state index in [2.05, 4.69) is 15.3 Å². The van der Waals surface area contributed by atoms with Crippen LogP contribution in [0.25, 0.3) is 11.4 Å². The van der Waals surface area contributed by atoms with Crippen molar-refractivity contribution >= 4 is 23.4 Å². The zero-order chi connectivity index (χ0) is 18.1. The van der Waals surface area contributed by atoms with E-state index in [1.807, 2.05) is 30.3 Å². The molecule has 2 heterocycles. The molecule has 0 radical (unpaired) electrons. The number of nitrogens with zero attached hydrogens (tertiary/aromatic N) is 4. The Bertz CT molecular complexity index is 986. The number of aromatic nitrogens is 3. The van der Waals surface area contributed by atoms with Crippen LogP contribution in [0.3, 0.4) is 0 Å². The topological polar surface area (TPSA) is 80.4 Å². The van der Waals surface area contributed by atoms with E-state index >= 15 is 0 Å². The standard InChI is InChI=1S/C18H13FN4O2S/c19-13-8-6-12(7-9-13)17-20-21-18-23(17)22-16(11-4-2-1-3-5-11)14(26-18)10-15(24)25/h1-9,14H,10H2,(H,24,25). The van der Waals surface area contributed by atoms with Gasteiger partial charge in [0.25, 0.3) is 0 Å². The highest BCUT2D eigenvalue weighted by Crippen LogP contribution is 2.34. The normalized spacial score (nSPS) is 16.0. The first kappa shape index (κ1) is 16.5. The van der Waals surface area contributed by atoms with Crippen molar-refractivity contribution in [1.29, 1.82) is 0 Å². The molecule has 0 saturated heterocycles. The zero-order valence-electron chi connectivity index (χ0n) is 13.4. The highest BCUT2D eigenvalue weighted by Gasteiger charge is 2.30. The van der Waals surface area contributed by atoms with Gasteiger partial charge in [0.2, 0.25) is 5.16 Å². The molecule has 8 heteroatoms. The number of benzene rings is 2. The van der Waals surface area contributed by atoms with E-state index in [0.29, 0.717) is 22.3 Å². The quantitative estimate of drug-likeness (QED) is 0.764. The van der Waals surface area contributed by atoms with E-state index in [1.165, 1.54) is 23.9 Å². The fraction of sp³-hybridized carbons (Fsp3) is 0.111. The molecule has 0 fully saturated rings. The number of carboxylic acid groups (broad SMARTS) is 1. The summed E-state index contributed by atoms with van der Waals surface area (Å²) in [5.41, 5.74) is 2.17. The van der Waals surface area contributed by atoms with Crippen LogP contribution in [-0.2, 0) is 4.79 Å². The second kappa shape index (κ2) is 6.72. The molecule has 130 valence electrons. The van der Waals surface area contributed by atoms with Crippen molar-refractivity contribution in [3.63, 3.8) is 0 Å². The third kappa shape index (κ3) is 3.11. The molecule has 6 nitrogen and oxygen atoms in total. The minimum absolute atomic E-state index is 0.0723. The van der Waals surface area contributed by atoms with Crippen molar-refractivity contribution in [1.82, 2.24) is 14.9 Å². The number of aliphatic carboxylic acids is 1. The lowest BCUT2D eigenvalue weighted by atomic mass is 10.1. The number of thioether (sulfide) groups is 1. The summed E-state index contributed by atoms with van der Waals surface area (Å²) in [5, 5.41) is 22.3. The van der Waals surface area contributed by atoms with Gasteiger partial charge in [-0.3, -0.25) is 4.79 Å². The van der Waals surface area contributed by atoms with Gasteiger partial charge < -0.3 is 5.11 Å². The Balaban J connectivity index is 1.82. The molecule has 2 aromatic carbocycles. The van der Waals surface area contributed by atoms with E-state index in [9.17, 15) is 14.3 Å². The van der Waals surface area contributed by atoms with Crippen LogP contribution in [0.2, 0.25) is 0 Å². The van der Waals surface area contributed by atoms with Gasteiger partial charge in [0, 0.05) is 5.56 Å². The number of carboxylic acids is 1. The number of fused-ring (bicyclic) bond motifs is 1. The molecular formula is C18H13FN4O2S. The molecule has 1 aliphatic rings. The van der Waals surface area contributed by atoms with Gasteiger partial charge in [-0.25, -0.2) is 4.39 Å². The van der Waals surface area contributed by atoms with Crippen LogP contribution in [0.4, 0.5) is 4.39 Å². The third-order valence-electron chi connectivity index (χ3n) is 3.90. The predicted molar refractivity (Wildman–Crippen MR) is 95.7 cm³/mol. The van der Waals surface area contributed by atoms with Crippen LogP contribution in [-0.4, -0.2) is 36.9 Å². The molecule has 0 bridgehead atoms. The van der Waals surface area contributed by atoms with Gasteiger partial charge in [-0.05, 0) is 29.8 Å². The summed E-state index contributed by atoms with van der Waals surface area (Å²) in [5.74, 6) is -0.760. The largest absolute Gasteiger partial charge is 0.481 e. The Kier molecular flexibility index (Phi) is 4.26. The molecular weight excluding hydrogens is 355 g/mol. The molecule has 1 N–H and O–H groups in total. The minimum Gasteiger partial charge on any atom is -0.481 e. The lowest BCUT2D eigenvalue weighted by molar-refractivity contribution is -0.136. The maximum atomic E-state index is 13.2. The highest BCUT2D eigenvalue weighted by atomic mass is 32.2. The van der Waals surface area contributed by atoms with Gasteiger partial charge in [0.15, 0.2) is 5.82 Å². The summed E-state index contributed by atoms with van der Waals surface area (Å²) in [4.78, 5) is 11.3. The molecule has 3 aromatic rings. The average Bonchev–Trinajstić information content (AvgIpc) is 3.05. The Morgan fingerprint density at radius 3 is 2.50 bits per heavy atom. The zero-order valence-corrected chi connectivity index (χ0v) is 14.2. The van der Waals surface area contributed by atoms with Crippen LogP contribution in [0.15, 0.2) is 64.9 Å². The second-order valence-electron chi connectivity index (χ2n) is 5.68. The highest BCUT2D eigenvalue weighted by molar-refractivity contribution is 8.00. The summed E-state index contributed by atoms with van der Waals surface area (Å²) in [7, 11) is 0. The first-order chi connectivity index (χ1) is 12.6. The van der Waals surface area contributed by atoms with Crippen LogP contribution < -0.4 is 0 Å². The molecule has 4 rings (SSSR count). The van der Waals surface area contributed by atoms with Gasteiger partial charge >= 0.3 is 5.97 Å². The SMILES string of the molecule is O=C(O)CC1Sc2nnc(-c3ccc(F)cc3)n2N=C1c1ccccc1. The lowest BCUT2D eigenvalue weighted by Gasteiger charge is -2.22. The van der Waals surface area contributed by atoms with Crippen molar-refractivity contribution < 1.29 is 14.3 Å². The summed E-state index contributed by atoms with van der Waals surface area (Å²) >= 11 is 1.31. The molecule has 1 aliphatic heterocycles. The molecule has 1 unspecified atom stereocenters. The fourth-order valence-corrected chi connectivity index (χ4v) is 3.80. The van der Waals surface area contributed by atoms with Crippen molar-refractivity contribution in [2.24, 2.45) is 5.10 Å². The maximum absolute atomic E-state index is 13.2. The molecule has 0 spiro atoms. The monoisotopic (exact) mass is 368 g/mol. The van der Waals surface area contributed by atoms with Crippen molar-refractivity contribution in [2.75, 3.05) is 0 Å². The van der Waals surface area contributed by atoms with E-state index in [0.717, 1.165) is 5.56 Å². The predicted octanol–water partition coefficient (Wildman–Crippen LogP) is 3.29. The van der Waals surface area contributed by atoms with E-state index in [4.69, 9.17) is 0 Å². The van der Waals surface area contributed by atoms with Gasteiger partial charge in [0.1, 0.15) is 5.82 Å². The van der Waals surface area contributed by atoms with Crippen LogP contribution in [0.1, 0.15) is 12.0 Å². The second-order valence-corrected chi connectivity index (χ2v) is 6.85. The summed E-state index contributed by atoms with van der Waals surface area (Å²) in [6.07, 6.45) is -0.0723. The van der Waals surface area contributed by atoms with Crippen LogP contribution >= 0.6 is 11.8 Å². The number of rotatable bonds is 4. The number of hydrogen-bond acceptors (Lipinski definition) is 5. The van der Waals surface area contributed by atoms with Gasteiger partial charge in [0.05, 0.1) is 17.4 Å². The Hall–Kier alpha value is -3.00. The van der Waals surface area contributed by atoms with Gasteiger partial charge in [-0.2, -0.15) is 9.78 Å².